The van der Waals surface area contributed by atoms with Crippen LogP contribution in [0.3, 0.4) is 0 Å². The van der Waals surface area contributed by atoms with Gasteiger partial charge in [-0.15, -0.1) is 23.7 Å². The van der Waals surface area contributed by atoms with Crippen LogP contribution < -0.4 is 0 Å². The van der Waals surface area contributed by atoms with E-state index in [2.05, 4.69) is 30.1 Å². The molecular formula is C18H21ClN2OS. The number of aromatic nitrogens is 2. The average Bonchev–Trinajstić information content (AvgIpc) is 3.18. The van der Waals surface area contributed by atoms with E-state index in [9.17, 15) is 4.79 Å². The van der Waals surface area contributed by atoms with Crippen molar-refractivity contribution in [2.75, 3.05) is 0 Å². The highest BCUT2D eigenvalue weighted by Crippen LogP contribution is 2.33. The summed E-state index contributed by atoms with van der Waals surface area (Å²) in [5.41, 5.74) is 1.25. The Labute approximate surface area is 146 Å². The number of Topliss-reactive ketones (excluding diaryl/α,β-unsaturated/α-hetero) is 1. The molecule has 2 heterocycles. The number of nitrogens with zero attached hydrogens (tertiary/aromatic N) is 2. The molecule has 1 aromatic carbocycles. The summed E-state index contributed by atoms with van der Waals surface area (Å²) in [7, 11) is 0. The van der Waals surface area contributed by atoms with E-state index in [0.29, 0.717) is 13.0 Å². The van der Waals surface area contributed by atoms with Crippen LogP contribution in [0.25, 0.3) is 10.1 Å². The number of imidazole rings is 1. The van der Waals surface area contributed by atoms with Gasteiger partial charge in [0.15, 0.2) is 5.78 Å². The van der Waals surface area contributed by atoms with Crippen molar-refractivity contribution in [1.82, 2.24) is 9.55 Å². The Bertz CT molecular complexity index is 765. The highest BCUT2D eigenvalue weighted by atomic mass is 35.5. The second kappa shape index (κ2) is 8.27. The number of fused-ring (bicyclic) bond motifs is 1. The van der Waals surface area contributed by atoms with Gasteiger partial charge in [0.2, 0.25) is 0 Å². The number of thiophene rings is 1. The molecule has 0 unspecified atom stereocenters. The second-order valence-electron chi connectivity index (χ2n) is 5.48. The van der Waals surface area contributed by atoms with E-state index in [0.717, 1.165) is 24.1 Å². The number of carbonyl (C=O) groups is 1. The van der Waals surface area contributed by atoms with Crippen LogP contribution in [0.4, 0.5) is 0 Å². The lowest BCUT2D eigenvalue weighted by Gasteiger charge is -2.04. The molecular weight excluding hydrogens is 328 g/mol. The lowest BCUT2D eigenvalue weighted by Crippen LogP contribution is -2.05. The summed E-state index contributed by atoms with van der Waals surface area (Å²) in [6.45, 7) is 2.88. The Morgan fingerprint density at radius 2 is 2.13 bits per heavy atom. The summed E-state index contributed by atoms with van der Waals surface area (Å²) in [5.74, 6) is 0.251. The van der Waals surface area contributed by atoms with Gasteiger partial charge in [-0.05, 0) is 29.9 Å². The van der Waals surface area contributed by atoms with Crippen molar-refractivity contribution < 1.29 is 4.79 Å². The summed E-state index contributed by atoms with van der Waals surface area (Å²) in [5, 5.41) is 1.26. The van der Waals surface area contributed by atoms with E-state index >= 15 is 0 Å². The smallest absolute Gasteiger partial charge is 0.174 e. The molecule has 122 valence electrons. The van der Waals surface area contributed by atoms with Gasteiger partial charge in [0.05, 0.1) is 11.2 Å². The molecule has 3 aromatic rings. The molecule has 0 aliphatic carbocycles. The molecule has 23 heavy (non-hydrogen) atoms. The molecule has 0 fully saturated rings. The summed E-state index contributed by atoms with van der Waals surface area (Å²) < 4.78 is 3.18. The summed E-state index contributed by atoms with van der Waals surface area (Å²) in [4.78, 5) is 17.6. The van der Waals surface area contributed by atoms with Crippen LogP contribution in [0, 0.1) is 0 Å². The van der Waals surface area contributed by atoms with Crippen LogP contribution in [-0.4, -0.2) is 15.3 Å². The number of hydrogen-bond donors (Lipinski definition) is 0. The van der Waals surface area contributed by atoms with Gasteiger partial charge in [0.1, 0.15) is 0 Å². The molecule has 0 aliphatic heterocycles. The first-order chi connectivity index (χ1) is 10.8. The van der Waals surface area contributed by atoms with E-state index < -0.39 is 0 Å². The molecule has 3 rings (SSSR count). The maximum atomic E-state index is 12.7. The number of aryl methyl sites for hydroxylation is 2. The third kappa shape index (κ3) is 4.01. The van der Waals surface area contributed by atoms with Crippen molar-refractivity contribution in [3.8, 4) is 0 Å². The number of carbonyl (C=O) groups excluding carboxylic acids is 1. The molecule has 0 spiro atoms. The number of hydrogen-bond acceptors (Lipinski definition) is 3. The summed E-state index contributed by atoms with van der Waals surface area (Å²) in [6, 6.07) is 8.36. The summed E-state index contributed by atoms with van der Waals surface area (Å²) in [6.07, 6.45) is 9.20. The Morgan fingerprint density at radius 3 is 2.87 bits per heavy atom. The topological polar surface area (TPSA) is 34.9 Å². The van der Waals surface area contributed by atoms with Gasteiger partial charge in [0, 0.05) is 30.1 Å². The first kappa shape index (κ1) is 17.7. The molecule has 0 radical (unpaired) electrons. The molecule has 0 aliphatic rings. The molecule has 0 bridgehead atoms. The maximum absolute atomic E-state index is 12.7. The highest BCUT2D eigenvalue weighted by molar-refractivity contribution is 7.21. The Balaban J connectivity index is 0.00000192. The number of benzene rings is 1. The third-order valence-electron chi connectivity index (χ3n) is 3.89. The second-order valence-corrected chi connectivity index (χ2v) is 6.54. The molecule has 0 atom stereocenters. The minimum Gasteiger partial charge on any atom is -0.337 e. The largest absolute Gasteiger partial charge is 0.337 e. The fourth-order valence-corrected chi connectivity index (χ4v) is 3.91. The first-order valence-electron chi connectivity index (χ1n) is 7.79. The molecule has 0 saturated heterocycles. The Hall–Kier alpha value is -1.65. The fraction of sp³-hybridized carbons (Fsp3) is 0.333. The molecule has 0 N–H and O–H groups in total. The summed E-state index contributed by atoms with van der Waals surface area (Å²) >= 11 is 1.65. The van der Waals surface area contributed by atoms with Gasteiger partial charge in [0.25, 0.3) is 0 Å². The fourth-order valence-electron chi connectivity index (χ4n) is 2.69. The van der Waals surface area contributed by atoms with E-state index in [4.69, 9.17) is 0 Å². The zero-order valence-corrected chi connectivity index (χ0v) is 14.8. The van der Waals surface area contributed by atoms with E-state index in [1.807, 2.05) is 16.8 Å². The number of rotatable bonds is 7. The standard InChI is InChI=1S/C18H20N2OS.ClH/c1-2-3-6-15-14-7-4-5-8-17(14)22-18(15)16(21)9-11-20-12-10-19-13-20;/h4-5,7-8,10,12-13H,2-3,6,9,11H2,1H3;1H. The molecule has 0 amide bonds. The number of unbranched alkanes of at least 4 members (excludes halogenated alkanes) is 1. The van der Waals surface area contributed by atoms with Crippen molar-refractivity contribution in [3.05, 3.63) is 53.4 Å². The van der Waals surface area contributed by atoms with Crippen molar-refractivity contribution in [2.45, 2.75) is 39.2 Å². The SMILES string of the molecule is CCCCc1c(C(=O)CCn2ccnc2)sc2ccccc12.Cl. The van der Waals surface area contributed by atoms with Gasteiger partial charge >= 0.3 is 0 Å². The minimum absolute atomic E-state index is 0. The predicted octanol–water partition coefficient (Wildman–Crippen LogP) is 5.14. The van der Waals surface area contributed by atoms with Gasteiger partial charge in [-0.3, -0.25) is 4.79 Å². The van der Waals surface area contributed by atoms with E-state index in [1.54, 1.807) is 23.9 Å². The van der Waals surface area contributed by atoms with Crippen molar-refractivity contribution in [2.24, 2.45) is 0 Å². The van der Waals surface area contributed by atoms with E-state index in [-0.39, 0.29) is 18.2 Å². The number of ketones is 1. The van der Waals surface area contributed by atoms with Crippen LogP contribution >= 0.6 is 23.7 Å². The van der Waals surface area contributed by atoms with Crippen LogP contribution in [-0.2, 0) is 13.0 Å². The minimum atomic E-state index is 0. The zero-order valence-electron chi connectivity index (χ0n) is 13.2. The van der Waals surface area contributed by atoms with Crippen LogP contribution in [0.1, 0.15) is 41.4 Å². The number of halogens is 1. The molecule has 0 saturated carbocycles. The van der Waals surface area contributed by atoms with Crippen molar-refractivity contribution in [1.29, 1.82) is 0 Å². The Morgan fingerprint density at radius 1 is 1.30 bits per heavy atom. The Kier molecular flexibility index (Phi) is 6.37. The van der Waals surface area contributed by atoms with Gasteiger partial charge in [-0.25, -0.2) is 4.98 Å². The quantitative estimate of drug-likeness (QED) is 0.554. The van der Waals surface area contributed by atoms with Crippen LogP contribution in [0.2, 0.25) is 0 Å². The van der Waals surface area contributed by atoms with Crippen LogP contribution in [0.5, 0.6) is 0 Å². The molecule has 3 nitrogen and oxygen atoms in total. The molecule has 2 aromatic heterocycles. The van der Waals surface area contributed by atoms with Gasteiger partial charge in [-0.1, -0.05) is 31.5 Å². The molecule has 5 heteroatoms. The maximum Gasteiger partial charge on any atom is 0.174 e. The van der Waals surface area contributed by atoms with Crippen LogP contribution in [0.15, 0.2) is 43.0 Å². The van der Waals surface area contributed by atoms with Gasteiger partial charge in [-0.2, -0.15) is 0 Å². The predicted molar refractivity (Wildman–Crippen MR) is 98.9 cm³/mol. The monoisotopic (exact) mass is 348 g/mol. The first-order valence-corrected chi connectivity index (χ1v) is 8.60. The van der Waals surface area contributed by atoms with Crippen molar-refractivity contribution in [3.63, 3.8) is 0 Å². The zero-order chi connectivity index (χ0) is 15.4. The lowest BCUT2D eigenvalue weighted by molar-refractivity contribution is 0.0980. The van der Waals surface area contributed by atoms with Gasteiger partial charge < -0.3 is 4.57 Å². The normalized spacial score (nSPS) is 10.7. The van der Waals surface area contributed by atoms with E-state index in [1.165, 1.54) is 15.6 Å². The average molecular weight is 349 g/mol. The third-order valence-corrected chi connectivity index (χ3v) is 5.14. The lowest BCUT2D eigenvalue weighted by atomic mass is 10.0. The van der Waals surface area contributed by atoms with Crippen molar-refractivity contribution >= 4 is 39.6 Å². The highest BCUT2D eigenvalue weighted by Gasteiger charge is 2.17.